The van der Waals surface area contributed by atoms with Crippen LogP contribution in [-0.4, -0.2) is 10.8 Å². The molecule has 0 unspecified atom stereocenters. The van der Waals surface area contributed by atoms with Gasteiger partial charge in [-0.3, -0.25) is 14.9 Å². The van der Waals surface area contributed by atoms with Crippen molar-refractivity contribution >= 4 is 39.9 Å². The maximum Gasteiger partial charge on any atom is 0.305 e. The molecule has 0 saturated heterocycles. The summed E-state index contributed by atoms with van der Waals surface area (Å²) in [6.45, 7) is 1.94. The van der Waals surface area contributed by atoms with Gasteiger partial charge in [-0.05, 0) is 59.3 Å². The van der Waals surface area contributed by atoms with E-state index in [-0.39, 0.29) is 5.56 Å². The Labute approximate surface area is 133 Å². The van der Waals surface area contributed by atoms with E-state index >= 15 is 0 Å². The highest BCUT2D eigenvalue weighted by Gasteiger charge is 2.17. The Kier molecular flexibility index (Phi) is 4.51. The zero-order chi connectivity index (χ0) is 15.6. The average Bonchev–Trinajstić information content (AvgIpc) is 2.43. The molecule has 21 heavy (non-hydrogen) atoms. The van der Waals surface area contributed by atoms with E-state index in [0.717, 1.165) is 21.3 Å². The molecule has 0 aliphatic heterocycles. The second-order valence-corrected chi connectivity index (χ2v) is 5.50. The van der Waals surface area contributed by atoms with Gasteiger partial charge < -0.3 is 5.32 Å². The number of amides is 1. The van der Waals surface area contributed by atoms with Gasteiger partial charge in [-0.15, -0.1) is 0 Å². The lowest BCUT2D eigenvalue weighted by Crippen LogP contribution is -2.12. The molecule has 5 nitrogen and oxygen atoms in total. The summed E-state index contributed by atoms with van der Waals surface area (Å²) in [5.74, 6) is -1.50. The normalized spacial score (nSPS) is 10.2. The molecular weight excluding hydrogens is 390 g/mol. The van der Waals surface area contributed by atoms with Crippen LogP contribution in [0.2, 0.25) is 0 Å². The fourth-order valence-electron chi connectivity index (χ4n) is 1.67. The predicted octanol–water partition coefficient (Wildman–Crippen LogP) is 3.90. The topological polar surface area (TPSA) is 72.2 Å². The summed E-state index contributed by atoms with van der Waals surface area (Å²) >= 11 is 2.14. The van der Waals surface area contributed by atoms with Crippen molar-refractivity contribution < 1.29 is 14.1 Å². The fourth-order valence-corrected chi connectivity index (χ4v) is 2.18. The SMILES string of the molecule is Cc1ccc(NC(=O)c2ccc(F)c([N+](=O)[O-])c2)cc1I. The minimum absolute atomic E-state index is 0.0266. The molecule has 0 spiro atoms. The minimum atomic E-state index is -0.971. The van der Waals surface area contributed by atoms with Crippen molar-refractivity contribution in [1.29, 1.82) is 0 Å². The average molecular weight is 400 g/mol. The van der Waals surface area contributed by atoms with Gasteiger partial charge in [-0.2, -0.15) is 4.39 Å². The number of nitrogens with zero attached hydrogens (tertiary/aromatic N) is 1. The maximum absolute atomic E-state index is 13.2. The highest BCUT2D eigenvalue weighted by molar-refractivity contribution is 14.1. The molecular formula is C14H10FIN2O3. The zero-order valence-electron chi connectivity index (χ0n) is 10.9. The highest BCUT2D eigenvalue weighted by Crippen LogP contribution is 2.21. The molecule has 2 rings (SSSR count). The van der Waals surface area contributed by atoms with Gasteiger partial charge in [0.15, 0.2) is 0 Å². The number of carbonyl (C=O) groups is 1. The lowest BCUT2D eigenvalue weighted by Gasteiger charge is -2.07. The Bertz CT molecular complexity index is 734. The summed E-state index contributed by atoms with van der Waals surface area (Å²) < 4.78 is 14.2. The van der Waals surface area contributed by atoms with Crippen LogP contribution in [0, 0.1) is 26.4 Å². The molecule has 0 aliphatic rings. The van der Waals surface area contributed by atoms with Crippen LogP contribution in [0.5, 0.6) is 0 Å². The largest absolute Gasteiger partial charge is 0.322 e. The van der Waals surface area contributed by atoms with Gasteiger partial charge in [0, 0.05) is 20.9 Å². The van der Waals surface area contributed by atoms with E-state index in [1.807, 2.05) is 13.0 Å². The van der Waals surface area contributed by atoms with Crippen LogP contribution in [0.4, 0.5) is 15.8 Å². The van der Waals surface area contributed by atoms with E-state index in [1.54, 1.807) is 12.1 Å². The third-order valence-corrected chi connectivity index (χ3v) is 4.00. The first-order valence-corrected chi connectivity index (χ1v) is 6.98. The molecule has 2 aromatic carbocycles. The van der Waals surface area contributed by atoms with Crippen molar-refractivity contribution in [3.05, 3.63) is 67.0 Å². The maximum atomic E-state index is 13.2. The van der Waals surface area contributed by atoms with Gasteiger partial charge in [0.05, 0.1) is 4.92 Å². The van der Waals surface area contributed by atoms with Gasteiger partial charge in [-0.1, -0.05) is 6.07 Å². The van der Waals surface area contributed by atoms with Crippen LogP contribution in [-0.2, 0) is 0 Å². The molecule has 0 aromatic heterocycles. The van der Waals surface area contributed by atoms with E-state index in [1.165, 1.54) is 6.07 Å². The van der Waals surface area contributed by atoms with Crippen molar-refractivity contribution in [2.45, 2.75) is 6.92 Å². The molecule has 7 heteroatoms. The fraction of sp³-hybridized carbons (Fsp3) is 0.0714. The summed E-state index contributed by atoms with van der Waals surface area (Å²) in [5.41, 5.74) is 0.952. The number of carbonyl (C=O) groups excluding carboxylic acids is 1. The molecule has 1 N–H and O–H groups in total. The first kappa shape index (κ1) is 15.4. The number of nitro benzene ring substituents is 1. The van der Waals surface area contributed by atoms with Crippen molar-refractivity contribution in [1.82, 2.24) is 0 Å². The number of hydrogen-bond acceptors (Lipinski definition) is 3. The molecule has 0 heterocycles. The number of nitrogens with one attached hydrogen (secondary N) is 1. The van der Waals surface area contributed by atoms with Crippen LogP contribution < -0.4 is 5.32 Å². The molecule has 0 saturated carbocycles. The Balaban J connectivity index is 2.26. The number of rotatable bonds is 3. The smallest absolute Gasteiger partial charge is 0.305 e. The summed E-state index contributed by atoms with van der Waals surface area (Å²) in [6.07, 6.45) is 0. The Morgan fingerprint density at radius 2 is 2.00 bits per heavy atom. The second kappa shape index (κ2) is 6.17. The van der Waals surface area contributed by atoms with Crippen molar-refractivity contribution in [3.8, 4) is 0 Å². The Hall–Kier alpha value is -2.03. The molecule has 1 amide bonds. The van der Waals surface area contributed by atoms with Crippen LogP contribution in [0.3, 0.4) is 0 Å². The predicted molar refractivity (Wildman–Crippen MR) is 84.9 cm³/mol. The van der Waals surface area contributed by atoms with Crippen molar-refractivity contribution in [3.63, 3.8) is 0 Å². The lowest BCUT2D eigenvalue weighted by molar-refractivity contribution is -0.387. The molecule has 0 aliphatic carbocycles. The zero-order valence-corrected chi connectivity index (χ0v) is 13.0. The third kappa shape index (κ3) is 3.54. The molecule has 2 aromatic rings. The number of nitro groups is 1. The van der Waals surface area contributed by atoms with Gasteiger partial charge in [-0.25, -0.2) is 0 Å². The van der Waals surface area contributed by atoms with Gasteiger partial charge in [0.2, 0.25) is 5.82 Å². The number of benzene rings is 2. The molecule has 0 radical (unpaired) electrons. The first-order valence-electron chi connectivity index (χ1n) is 5.90. The molecule has 0 bridgehead atoms. The minimum Gasteiger partial charge on any atom is -0.322 e. The molecule has 0 atom stereocenters. The van der Waals surface area contributed by atoms with Gasteiger partial charge in [0.25, 0.3) is 5.91 Å². The number of hydrogen-bond donors (Lipinski definition) is 1. The summed E-state index contributed by atoms with van der Waals surface area (Å²) in [6, 6.07) is 8.40. The van der Waals surface area contributed by atoms with Crippen molar-refractivity contribution in [2.75, 3.05) is 5.32 Å². The lowest BCUT2D eigenvalue weighted by atomic mass is 10.1. The van der Waals surface area contributed by atoms with E-state index in [0.29, 0.717) is 5.69 Å². The Morgan fingerprint density at radius 1 is 1.29 bits per heavy atom. The number of anilines is 1. The van der Waals surface area contributed by atoms with Gasteiger partial charge >= 0.3 is 5.69 Å². The van der Waals surface area contributed by atoms with Crippen LogP contribution in [0.25, 0.3) is 0 Å². The summed E-state index contributed by atoms with van der Waals surface area (Å²) in [7, 11) is 0. The molecule has 0 fully saturated rings. The van der Waals surface area contributed by atoms with Crippen LogP contribution >= 0.6 is 22.6 Å². The van der Waals surface area contributed by atoms with Crippen molar-refractivity contribution in [2.24, 2.45) is 0 Å². The van der Waals surface area contributed by atoms with E-state index in [4.69, 9.17) is 0 Å². The van der Waals surface area contributed by atoms with Crippen LogP contribution in [0.1, 0.15) is 15.9 Å². The molecule has 108 valence electrons. The summed E-state index contributed by atoms with van der Waals surface area (Å²) in [5, 5.41) is 13.3. The first-order chi connectivity index (χ1) is 9.88. The van der Waals surface area contributed by atoms with E-state index in [9.17, 15) is 19.3 Å². The third-order valence-electron chi connectivity index (χ3n) is 2.83. The summed E-state index contributed by atoms with van der Waals surface area (Å²) in [4.78, 5) is 21.8. The van der Waals surface area contributed by atoms with Crippen LogP contribution in [0.15, 0.2) is 36.4 Å². The van der Waals surface area contributed by atoms with E-state index < -0.39 is 22.3 Å². The number of aryl methyl sites for hydroxylation is 1. The highest BCUT2D eigenvalue weighted by atomic mass is 127. The monoisotopic (exact) mass is 400 g/mol. The standard InChI is InChI=1S/C14H10FIN2O3/c1-8-2-4-10(7-12(8)16)17-14(19)9-3-5-11(15)13(6-9)18(20)21/h2-7H,1H3,(H,17,19). The Morgan fingerprint density at radius 3 is 2.62 bits per heavy atom. The quantitative estimate of drug-likeness (QED) is 0.483. The number of halogens is 2. The second-order valence-electron chi connectivity index (χ2n) is 4.34. The van der Waals surface area contributed by atoms with E-state index in [2.05, 4.69) is 27.9 Å². The van der Waals surface area contributed by atoms with Gasteiger partial charge in [0.1, 0.15) is 0 Å².